The van der Waals surface area contributed by atoms with Crippen molar-refractivity contribution in [3.8, 4) is 29.4 Å². The third kappa shape index (κ3) is 6.38. The number of fused-ring (bicyclic) bond motifs is 3. The van der Waals surface area contributed by atoms with Gasteiger partial charge in [0.25, 0.3) is 0 Å². The van der Waals surface area contributed by atoms with Gasteiger partial charge < -0.3 is 14.4 Å². The van der Waals surface area contributed by atoms with Crippen LogP contribution in [0, 0.1) is 12.3 Å². The van der Waals surface area contributed by atoms with Gasteiger partial charge in [-0.2, -0.15) is 0 Å². The molecule has 4 aromatic rings. The number of ether oxygens (including phenoxy) is 1. The standard InChI is InChI=1S/C24H23NO2.C3H6.C3H4/c1-17(26)8-7-15-25-22-14-13-18-9-3-4-10-19(18)21(22)16-23(25)20-11-5-6-12-24(20)27-2;2*1-3-2/h3-14,16-17,26H,15H2,1-2H3;3H,1H2,2H3;1H,2H3/b8-7+;;. The van der Waals surface area contributed by atoms with E-state index in [4.69, 9.17) is 4.74 Å². The van der Waals surface area contributed by atoms with E-state index in [1.165, 1.54) is 21.7 Å². The fourth-order valence-electron chi connectivity index (χ4n) is 3.65. The normalized spacial score (nSPS) is 11.2. The van der Waals surface area contributed by atoms with Crippen molar-refractivity contribution in [2.75, 3.05) is 7.11 Å². The van der Waals surface area contributed by atoms with Crippen LogP contribution in [0.5, 0.6) is 5.75 Å². The zero-order chi connectivity index (χ0) is 24.2. The molecule has 0 spiro atoms. The summed E-state index contributed by atoms with van der Waals surface area (Å²) in [5.74, 6) is 3.10. The fourth-order valence-corrected chi connectivity index (χ4v) is 3.65. The summed E-state index contributed by atoms with van der Waals surface area (Å²) < 4.78 is 7.89. The Hall–Kier alpha value is -3.74. The number of aliphatic hydroxyl groups is 1. The van der Waals surface area contributed by atoms with Crippen LogP contribution in [0.25, 0.3) is 32.9 Å². The van der Waals surface area contributed by atoms with Crippen molar-refractivity contribution >= 4 is 21.7 Å². The molecule has 4 rings (SSSR count). The summed E-state index contributed by atoms with van der Waals surface area (Å²) in [4.78, 5) is 0. The van der Waals surface area contributed by atoms with Crippen LogP contribution in [-0.4, -0.2) is 22.9 Å². The molecule has 0 radical (unpaired) electrons. The average molecular weight is 440 g/mol. The van der Waals surface area contributed by atoms with E-state index in [2.05, 4.69) is 72.0 Å². The van der Waals surface area contributed by atoms with Gasteiger partial charge >= 0.3 is 0 Å². The SMILES string of the molecule is C#CC.C=CC.COc1ccccc1-c1cc2c3ccccc3ccc2n1C/C=C/C(C)O. The molecule has 3 heteroatoms. The second-order valence-corrected chi connectivity index (χ2v) is 7.43. The monoisotopic (exact) mass is 439 g/mol. The number of aliphatic hydroxyl groups excluding tert-OH is 1. The van der Waals surface area contributed by atoms with Crippen molar-refractivity contribution < 1.29 is 9.84 Å². The third-order valence-corrected chi connectivity index (χ3v) is 4.90. The second kappa shape index (κ2) is 13.0. The minimum absolute atomic E-state index is 0.456. The van der Waals surface area contributed by atoms with Gasteiger partial charge in [0.15, 0.2) is 0 Å². The van der Waals surface area contributed by atoms with Crippen LogP contribution < -0.4 is 4.74 Å². The number of allylic oxidation sites excluding steroid dienone is 2. The first-order valence-electron chi connectivity index (χ1n) is 11.0. The number of hydrogen-bond donors (Lipinski definition) is 1. The van der Waals surface area contributed by atoms with Crippen molar-refractivity contribution in [3.63, 3.8) is 0 Å². The molecule has 0 amide bonds. The van der Waals surface area contributed by atoms with Gasteiger partial charge in [0.2, 0.25) is 0 Å². The summed E-state index contributed by atoms with van der Waals surface area (Å²) in [7, 11) is 1.70. The molecule has 0 aliphatic heterocycles. The van der Waals surface area contributed by atoms with Crippen LogP contribution in [0.3, 0.4) is 0 Å². The zero-order valence-electron chi connectivity index (χ0n) is 20.0. The zero-order valence-corrected chi connectivity index (χ0v) is 20.0. The second-order valence-electron chi connectivity index (χ2n) is 7.43. The van der Waals surface area contributed by atoms with Crippen LogP contribution in [-0.2, 0) is 6.54 Å². The van der Waals surface area contributed by atoms with Gasteiger partial charge in [-0.3, -0.25) is 0 Å². The highest BCUT2D eigenvalue weighted by Gasteiger charge is 2.15. The van der Waals surface area contributed by atoms with Crippen LogP contribution in [0.1, 0.15) is 20.8 Å². The summed E-state index contributed by atoms with van der Waals surface area (Å²) in [6, 6.07) is 23.1. The highest BCUT2D eigenvalue weighted by molar-refractivity contribution is 6.08. The number of hydrogen-bond acceptors (Lipinski definition) is 2. The lowest BCUT2D eigenvalue weighted by Gasteiger charge is -2.12. The summed E-state index contributed by atoms with van der Waals surface area (Å²) in [5, 5.41) is 13.3. The first kappa shape index (κ1) is 25.5. The smallest absolute Gasteiger partial charge is 0.128 e. The van der Waals surface area contributed by atoms with E-state index < -0.39 is 6.10 Å². The minimum Gasteiger partial charge on any atom is -0.496 e. The van der Waals surface area contributed by atoms with E-state index in [1.54, 1.807) is 27.0 Å². The van der Waals surface area contributed by atoms with Gasteiger partial charge in [-0.1, -0.05) is 60.7 Å². The number of rotatable bonds is 5. The molecule has 3 nitrogen and oxygen atoms in total. The topological polar surface area (TPSA) is 34.4 Å². The molecular weight excluding hydrogens is 406 g/mol. The Balaban J connectivity index is 0.000000582. The fraction of sp³-hybridized carbons (Fsp3) is 0.200. The van der Waals surface area contributed by atoms with Crippen molar-refractivity contribution in [2.24, 2.45) is 0 Å². The van der Waals surface area contributed by atoms with Gasteiger partial charge in [0.05, 0.1) is 18.9 Å². The predicted octanol–water partition coefficient (Wildman–Crippen LogP) is 7.24. The maximum atomic E-state index is 9.59. The molecule has 1 heterocycles. The van der Waals surface area contributed by atoms with Crippen molar-refractivity contribution in [1.82, 2.24) is 4.57 Å². The number of nitrogens with zero attached hydrogens (tertiary/aromatic N) is 1. The Labute approximate surface area is 197 Å². The lowest BCUT2D eigenvalue weighted by Crippen LogP contribution is -2.00. The highest BCUT2D eigenvalue weighted by Crippen LogP contribution is 2.36. The molecule has 0 saturated heterocycles. The van der Waals surface area contributed by atoms with Crippen molar-refractivity contribution in [2.45, 2.75) is 33.4 Å². The van der Waals surface area contributed by atoms with Crippen LogP contribution in [0.2, 0.25) is 0 Å². The maximum Gasteiger partial charge on any atom is 0.128 e. The molecule has 170 valence electrons. The molecule has 0 aliphatic rings. The van der Waals surface area contributed by atoms with Gasteiger partial charge in [-0.15, -0.1) is 18.9 Å². The minimum atomic E-state index is -0.456. The summed E-state index contributed by atoms with van der Waals surface area (Å²) in [6.45, 7) is 9.35. The van der Waals surface area contributed by atoms with Crippen molar-refractivity contribution in [3.05, 3.63) is 91.5 Å². The first-order valence-corrected chi connectivity index (χ1v) is 11.0. The predicted molar refractivity (Wildman–Crippen MR) is 143 cm³/mol. The molecule has 1 atom stereocenters. The van der Waals surface area contributed by atoms with E-state index in [0.29, 0.717) is 6.54 Å². The summed E-state index contributed by atoms with van der Waals surface area (Å²) >= 11 is 0. The Morgan fingerprint density at radius 1 is 1.09 bits per heavy atom. The molecule has 0 fully saturated rings. The largest absolute Gasteiger partial charge is 0.496 e. The highest BCUT2D eigenvalue weighted by atomic mass is 16.5. The van der Waals surface area contributed by atoms with Gasteiger partial charge in [-0.25, -0.2) is 0 Å². The molecule has 0 bridgehead atoms. The van der Waals surface area contributed by atoms with Gasteiger partial charge in [-0.05, 0) is 55.8 Å². The van der Waals surface area contributed by atoms with Crippen molar-refractivity contribution in [1.29, 1.82) is 0 Å². The number of methoxy groups -OCH3 is 1. The Bertz CT molecular complexity index is 1260. The summed E-state index contributed by atoms with van der Waals surface area (Å²) in [5.41, 5.74) is 3.34. The van der Waals surface area contributed by atoms with Crippen LogP contribution in [0.4, 0.5) is 0 Å². The lowest BCUT2D eigenvalue weighted by atomic mass is 10.1. The average Bonchev–Trinajstić information content (AvgIpc) is 3.19. The van der Waals surface area contributed by atoms with Crippen LogP contribution >= 0.6 is 0 Å². The van der Waals surface area contributed by atoms with E-state index in [9.17, 15) is 5.11 Å². The quantitative estimate of drug-likeness (QED) is 0.263. The van der Waals surface area contributed by atoms with E-state index >= 15 is 0 Å². The number of aromatic nitrogens is 1. The van der Waals surface area contributed by atoms with E-state index in [-0.39, 0.29) is 0 Å². The van der Waals surface area contributed by atoms with E-state index in [1.807, 2.05) is 37.3 Å². The molecule has 0 saturated carbocycles. The van der Waals surface area contributed by atoms with Gasteiger partial charge in [0.1, 0.15) is 5.75 Å². The first-order chi connectivity index (χ1) is 16.0. The Morgan fingerprint density at radius 2 is 1.73 bits per heavy atom. The summed E-state index contributed by atoms with van der Waals surface area (Å²) in [6.07, 6.45) is 9.72. The number of benzene rings is 3. The number of terminal acetylenes is 1. The molecule has 1 unspecified atom stereocenters. The molecule has 1 aromatic heterocycles. The van der Waals surface area contributed by atoms with Gasteiger partial charge in [0, 0.05) is 23.0 Å². The lowest BCUT2D eigenvalue weighted by molar-refractivity contribution is 0.243. The number of para-hydroxylation sites is 1. The molecule has 1 N–H and O–H groups in total. The molecule has 33 heavy (non-hydrogen) atoms. The third-order valence-electron chi connectivity index (χ3n) is 4.90. The maximum absolute atomic E-state index is 9.59. The Kier molecular flexibility index (Phi) is 10.0. The van der Waals surface area contributed by atoms with Crippen LogP contribution in [0.15, 0.2) is 91.5 Å². The van der Waals surface area contributed by atoms with E-state index in [0.717, 1.165) is 17.0 Å². The molecule has 3 aromatic carbocycles. The molecular formula is C30H33NO2. The molecule has 0 aliphatic carbocycles. The Morgan fingerprint density at radius 3 is 2.39 bits per heavy atom.